The summed E-state index contributed by atoms with van der Waals surface area (Å²) < 4.78 is 88.3. The van der Waals surface area contributed by atoms with Crippen LogP contribution in [0.4, 0.5) is 30.7 Å². The van der Waals surface area contributed by atoms with E-state index in [0.29, 0.717) is 11.1 Å². The van der Waals surface area contributed by atoms with E-state index >= 15 is 0 Å². The van der Waals surface area contributed by atoms with Crippen molar-refractivity contribution in [1.82, 2.24) is 5.32 Å². The molecular weight excluding hydrogens is 331 g/mol. The van der Waals surface area contributed by atoms with Crippen LogP contribution in [0.15, 0.2) is 18.2 Å². The molecule has 23 heavy (non-hydrogen) atoms. The fraction of sp³-hybridized carbons (Fsp3) is 0.500. The Balaban J connectivity index is 3.02. The molecule has 0 heterocycles. The predicted octanol–water partition coefficient (Wildman–Crippen LogP) is 4.31. The van der Waals surface area contributed by atoms with Crippen molar-refractivity contribution in [2.45, 2.75) is 44.8 Å². The van der Waals surface area contributed by atoms with E-state index in [1.165, 1.54) is 18.3 Å². The Labute approximate surface area is 127 Å². The van der Waals surface area contributed by atoms with Gasteiger partial charge in [0.15, 0.2) is 0 Å². The van der Waals surface area contributed by atoms with Gasteiger partial charge in [0.05, 0.1) is 6.04 Å². The average molecular weight is 345 g/mol. The van der Waals surface area contributed by atoms with E-state index in [4.69, 9.17) is 0 Å². The number of hydrogen-bond donors (Lipinski definition) is 1. The third-order valence-electron chi connectivity index (χ3n) is 3.27. The van der Waals surface area contributed by atoms with Crippen LogP contribution in [0.5, 0.6) is 0 Å². The Morgan fingerprint density at radius 2 is 1.57 bits per heavy atom. The van der Waals surface area contributed by atoms with E-state index in [1.807, 2.05) is 0 Å². The zero-order valence-corrected chi connectivity index (χ0v) is 12.4. The van der Waals surface area contributed by atoms with Gasteiger partial charge < -0.3 is 5.32 Å². The van der Waals surface area contributed by atoms with Gasteiger partial charge in [-0.15, -0.1) is 0 Å². The summed E-state index contributed by atoms with van der Waals surface area (Å²) in [6.45, 7) is 4.54. The number of rotatable bonds is 4. The van der Waals surface area contributed by atoms with Crippen LogP contribution in [0.25, 0.3) is 0 Å². The van der Waals surface area contributed by atoms with Gasteiger partial charge in [0, 0.05) is 0 Å². The summed E-state index contributed by atoms with van der Waals surface area (Å²) >= 11 is 0. The van der Waals surface area contributed by atoms with Crippen LogP contribution in [-0.2, 0) is 4.79 Å². The summed E-state index contributed by atoms with van der Waals surface area (Å²) in [5, 5.41) is 1.51. The van der Waals surface area contributed by atoms with E-state index in [-0.39, 0.29) is 0 Å². The largest absolute Gasteiger partial charge is 0.460 e. The third-order valence-corrected chi connectivity index (χ3v) is 3.27. The maximum Gasteiger partial charge on any atom is 0.460 e. The molecule has 0 aliphatic carbocycles. The smallest absolute Gasteiger partial charge is 0.344 e. The molecule has 1 atom stereocenters. The van der Waals surface area contributed by atoms with Gasteiger partial charge >= 0.3 is 18.0 Å². The highest BCUT2D eigenvalue weighted by Crippen LogP contribution is 2.46. The molecule has 0 fully saturated rings. The first-order chi connectivity index (χ1) is 10.2. The van der Waals surface area contributed by atoms with Crippen LogP contribution >= 0.6 is 0 Å². The first kappa shape index (κ1) is 19.2. The molecule has 2 nitrogen and oxygen atoms in total. The van der Waals surface area contributed by atoms with Gasteiger partial charge in [-0.2, -0.15) is 30.7 Å². The Bertz CT molecular complexity index is 595. The molecule has 130 valence electrons. The molecule has 9 heteroatoms. The number of hydrogen-bond acceptors (Lipinski definition) is 1. The van der Waals surface area contributed by atoms with Gasteiger partial charge in [0.2, 0.25) is 0 Å². The molecule has 0 aliphatic rings. The normalized spacial score (nSPS) is 14.5. The van der Waals surface area contributed by atoms with Crippen LogP contribution in [0.3, 0.4) is 0 Å². The number of alkyl halides is 7. The van der Waals surface area contributed by atoms with Crippen molar-refractivity contribution in [3.8, 4) is 0 Å². The lowest BCUT2D eigenvalue weighted by molar-refractivity contribution is -0.344. The topological polar surface area (TPSA) is 29.1 Å². The number of aryl methyl sites for hydroxylation is 2. The molecule has 1 rings (SSSR count). The van der Waals surface area contributed by atoms with Crippen molar-refractivity contribution in [1.29, 1.82) is 0 Å². The number of nitrogens with one attached hydrogen (secondary N) is 1. The third kappa shape index (κ3) is 3.59. The minimum atomic E-state index is -6.54. The van der Waals surface area contributed by atoms with Crippen LogP contribution in [0.1, 0.15) is 29.7 Å². The monoisotopic (exact) mass is 345 g/mol. The highest BCUT2D eigenvalue weighted by molar-refractivity contribution is 5.85. The first-order valence-corrected chi connectivity index (χ1v) is 6.42. The molecular formula is C14H14F7NO. The molecule has 0 saturated carbocycles. The molecule has 0 unspecified atom stereocenters. The number of benzene rings is 1. The fourth-order valence-corrected chi connectivity index (χ4v) is 2.00. The summed E-state index contributed by atoms with van der Waals surface area (Å²) in [6.07, 6.45) is -6.54. The second kappa shape index (κ2) is 6.01. The lowest BCUT2D eigenvalue weighted by atomic mass is 10.00. The van der Waals surface area contributed by atoms with Gasteiger partial charge in [-0.05, 0) is 31.9 Å². The molecule has 0 aliphatic heterocycles. The molecule has 1 amide bonds. The maximum absolute atomic E-state index is 13.2. The number of amides is 1. The maximum atomic E-state index is 13.2. The summed E-state index contributed by atoms with van der Waals surface area (Å²) in [5.41, 5.74) is 1.73. The molecule has 0 spiro atoms. The molecule has 0 radical (unpaired) electrons. The number of carbonyl (C=O) groups excluding carboxylic acids is 1. The lowest BCUT2D eigenvalue weighted by Gasteiger charge is -2.28. The molecule has 1 aromatic rings. The van der Waals surface area contributed by atoms with Gasteiger partial charge in [-0.1, -0.05) is 23.8 Å². The molecule has 1 N–H and O–H groups in total. The van der Waals surface area contributed by atoms with E-state index in [0.717, 1.165) is 5.56 Å². The first-order valence-electron chi connectivity index (χ1n) is 6.42. The second-order valence-corrected chi connectivity index (χ2v) is 5.20. The van der Waals surface area contributed by atoms with Crippen LogP contribution in [0.2, 0.25) is 0 Å². The van der Waals surface area contributed by atoms with Gasteiger partial charge in [-0.25, -0.2) is 0 Å². The zero-order valence-electron chi connectivity index (χ0n) is 12.4. The average Bonchev–Trinajstić information content (AvgIpc) is 2.36. The van der Waals surface area contributed by atoms with Gasteiger partial charge in [0.25, 0.3) is 5.91 Å². The van der Waals surface area contributed by atoms with Crippen molar-refractivity contribution in [2.24, 2.45) is 0 Å². The van der Waals surface area contributed by atoms with Crippen LogP contribution in [-0.4, -0.2) is 23.9 Å². The van der Waals surface area contributed by atoms with Gasteiger partial charge in [0.1, 0.15) is 0 Å². The van der Waals surface area contributed by atoms with Crippen LogP contribution in [0, 0.1) is 13.8 Å². The highest BCUT2D eigenvalue weighted by Gasteiger charge is 2.76. The quantitative estimate of drug-likeness (QED) is 0.810. The standard InChI is InChI=1S/C14H14F7NO/c1-7-4-5-10(8(2)6-7)9(3)22-11(23)12(15,16)13(17,18)14(19,20)21/h4-6,9H,1-3H3,(H,22,23)/t9-/m1/s1. The fourth-order valence-electron chi connectivity index (χ4n) is 2.00. The minimum absolute atomic E-state index is 0.329. The molecule has 0 saturated heterocycles. The summed E-state index contributed by atoms with van der Waals surface area (Å²) in [6, 6.07) is 3.54. The van der Waals surface area contributed by atoms with Crippen molar-refractivity contribution in [3.05, 3.63) is 34.9 Å². The lowest BCUT2D eigenvalue weighted by Crippen LogP contribution is -2.59. The summed E-state index contributed by atoms with van der Waals surface area (Å²) in [7, 11) is 0. The Morgan fingerprint density at radius 1 is 1.04 bits per heavy atom. The molecule has 0 aromatic heterocycles. The summed E-state index contributed by atoms with van der Waals surface area (Å²) in [5.74, 6) is -15.1. The summed E-state index contributed by atoms with van der Waals surface area (Å²) in [4.78, 5) is 11.3. The zero-order chi connectivity index (χ0) is 18.2. The molecule has 0 bridgehead atoms. The van der Waals surface area contributed by atoms with Crippen molar-refractivity contribution < 1.29 is 35.5 Å². The SMILES string of the molecule is Cc1ccc([C@@H](C)NC(=O)C(F)(F)C(F)(F)C(F)(F)F)c(C)c1. The van der Waals surface area contributed by atoms with Crippen LogP contribution < -0.4 is 5.32 Å². The molecule has 1 aromatic carbocycles. The Hall–Kier alpha value is -1.80. The number of carbonyl (C=O) groups is 1. The van der Waals surface area contributed by atoms with Gasteiger partial charge in [-0.3, -0.25) is 4.79 Å². The van der Waals surface area contributed by atoms with Crippen molar-refractivity contribution in [2.75, 3.05) is 0 Å². The highest BCUT2D eigenvalue weighted by atomic mass is 19.4. The number of halogens is 7. The van der Waals surface area contributed by atoms with E-state index < -0.39 is 30.0 Å². The predicted molar refractivity (Wildman–Crippen MR) is 68.4 cm³/mol. The Morgan fingerprint density at radius 3 is 2.00 bits per heavy atom. The van der Waals surface area contributed by atoms with E-state index in [2.05, 4.69) is 0 Å². The second-order valence-electron chi connectivity index (χ2n) is 5.20. The van der Waals surface area contributed by atoms with E-state index in [1.54, 1.807) is 26.0 Å². The van der Waals surface area contributed by atoms with E-state index in [9.17, 15) is 35.5 Å². The Kier molecular flexibility index (Phi) is 5.03. The van der Waals surface area contributed by atoms with Crippen molar-refractivity contribution in [3.63, 3.8) is 0 Å². The minimum Gasteiger partial charge on any atom is -0.344 e. The van der Waals surface area contributed by atoms with Crippen molar-refractivity contribution >= 4 is 5.91 Å².